The number of hydrogen-bond acceptors (Lipinski definition) is 6. The molecule has 0 aliphatic carbocycles. The molecule has 140 valence electrons. The second kappa shape index (κ2) is 6.24. The molecule has 1 aliphatic heterocycles. The predicted molar refractivity (Wildman–Crippen MR) is 103 cm³/mol. The van der Waals surface area contributed by atoms with E-state index in [1.807, 2.05) is 25.8 Å². The second-order valence-corrected chi connectivity index (χ2v) is 13.4. The molecule has 0 N–H and O–H groups in total. The highest BCUT2D eigenvalue weighted by atomic mass is 28.4. The lowest BCUT2D eigenvalue weighted by Crippen LogP contribution is -2.60. The monoisotopic (exact) mass is 356 g/mol. The summed E-state index contributed by atoms with van der Waals surface area (Å²) in [5.74, 6) is 1.40. The predicted octanol–water partition coefficient (Wildman–Crippen LogP) is 3.98. The maximum atomic E-state index is 6.61. The van der Waals surface area contributed by atoms with Crippen LogP contribution < -0.4 is 0 Å². The van der Waals surface area contributed by atoms with Gasteiger partial charge in [0, 0.05) is 32.0 Å². The highest BCUT2D eigenvalue weighted by Crippen LogP contribution is 2.45. The lowest BCUT2D eigenvalue weighted by atomic mass is 9.97. The molecule has 1 unspecified atom stereocenters. The molecule has 0 radical (unpaired) electrons. The maximum Gasteiger partial charge on any atom is 0.611 e. The van der Waals surface area contributed by atoms with Gasteiger partial charge in [-0.3, -0.25) is 9.68 Å². The Morgan fingerprint density at radius 1 is 1.08 bits per heavy atom. The van der Waals surface area contributed by atoms with Gasteiger partial charge in [-0.25, -0.2) is 0 Å². The fraction of sp³-hybridized carbons (Fsp3) is 0.882. The summed E-state index contributed by atoms with van der Waals surface area (Å²) in [5, 5.41) is 10.8. The Labute approximate surface area is 149 Å². The van der Waals surface area contributed by atoms with Crippen LogP contribution in [0.4, 0.5) is 0 Å². The first-order valence-corrected chi connectivity index (χ1v) is 10.2. The minimum atomic E-state index is -2.88. The van der Waals surface area contributed by atoms with E-state index in [2.05, 4.69) is 72.5 Å². The summed E-state index contributed by atoms with van der Waals surface area (Å²) < 4.78 is 15.0. The molecular weight excluding hydrogens is 320 g/mol. The van der Waals surface area contributed by atoms with Crippen molar-refractivity contribution in [2.75, 3.05) is 21.1 Å². The SMILES string of the molecule is CN(C)/N=C(\O[Si]1(C(C)(C)C)OC(C(C)(C)C)=NN1C)C(C)(C)C. The third kappa shape index (κ3) is 4.23. The highest BCUT2D eigenvalue weighted by molar-refractivity contribution is 6.71. The molecule has 7 heteroatoms. The van der Waals surface area contributed by atoms with Crippen LogP contribution in [0.3, 0.4) is 0 Å². The Morgan fingerprint density at radius 3 is 1.88 bits per heavy atom. The summed E-state index contributed by atoms with van der Waals surface area (Å²) in [4.78, 5) is 0. The molecule has 1 rings (SSSR count). The van der Waals surface area contributed by atoms with Crippen molar-refractivity contribution in [2.24, 2.45) is 21.0 Å². The standard InChI is InChI=1S/C17H36N4O2Si/c1-15(2,3)13(18-20(10)11)22-24(17(7,8)9)21(12)19-14(23-24)16(4,5)6/h1-12H3/b18-13-. The Hall–Kier alpha value is -1.24. The molecule has 0 saturated carbocycles. The van der Waals surface area contributed by atoms with Crippen LogP contribution in [0.2, 0.25) is 5.04 Å². The Morgan fingerprint density at radius 2 is 1.58 bits per heavy atom. The van der Waals surface area contributed by atoms with E-state index in [4.69, 9.17) is 8.85 Å². The average molecular weight is 357 g/mol. The molecule has 0 aromatic carbocycles. The van der Waals surface area contributed by atoms with Crippen molar-refractivity contribution in [3.63, 3.8) is 0 Å². The summed E-state index contributed by atoms with van der Waals surface area (Å²) in [6.45, 7) is 19.0. The fourth-order valence-corrected chi connectivity index (χ4v) is 5.57. The van der Waals surface area contributed by atoms with E-state index in [0.717, 1.165) is 5.90 Å². The molecule has 1 atom stereocenters. The molecule has 6 nitrogen and oxygen atoms in total. The van der Waals surface area contributed by atoms with Crippen LogP contribution in [0, 0.1) is 10.8 Å². The van der Waals surface area contributed by atoms with Crippen molar-refractivity contribution in [3.05, 3.63) is 0 Å². The van der Waals surface area contributed by atoms with Crippen molar-refractivity contribution in [1.29, 1.82) is 0 Å². The van der Waals surface area contributed by atoms with E-state index in [1.165, 1.54) is 0 Å². The van der Waals surface area contributed by atoms with Gasteiger partial charge in [-0.2, -0.15) is 0 Å². The zero-order chi connectivity index (χ0) is 19.1. The van der Waals surface area contributed by atoms with Gasteiger partial charge in [-0.1, -0.05) is 62.3 Å². The van der Waals surface area contributed by atoms with E-state index in [0.29, 0.717) is 5.90 Å². The minimum absolute atomic E-state index is 0.168. The summed E-state index contributed by atoms with van der Waals surface area (Å²) in [7, 11) is 2.87. The molecule has 24 heavy (non-hydrogen) atoms. The zero-order valence-corrected chi connectivity index (χ0v) is 18.6. The number of hydrazone groups is 2. The largest absolute Gasteiger partial charge is 0.611 e. The first kappa shape index (κ1) is 20.8. The molecule has 0 bridgehead atoms. The van der Waals surface area contributed by atoms with Crippen molar-refractivity contribution < 1.29 is 8.85 Å². The molecular formula is C17H36N4O2Si. The van der Waals surface area contributed by atoms with Gasteiger partial charge in [-0.15, -0.1) is 10.2 Å². The van der Waals surface area contributed by atoms with Crippen molar-refractivity contribution in [1.82, 2.24) is 9.68 Å². The van der Waals surface area contributed by atoms with E-state index in [-0.39, 0.29) is 15.9 Å². The molecule has 0 aromatic heterocycles. The van der Waals surface area contributed by atoms with E-state index in [9.17, 15) is 0 Å². The first-order chi connectivity index (χ1) is 10.5. The molecule has 0 spiro atoms. The van der Waals surface area contributed by atoms with Crippen LogP contribution in [-0.2, 0) is 8.85 Å². The lowest BCUT2D eigenvalue weighted by Gasteiger charge is -2.41. The van der Waals surface area contributed by atoms with E-state index < -0.39 is 8.72 Å². The Kier molecular flexibility index (Phi) is 5.41. The fourth-order valence-electron chi connectivity index (χ4n) is 2.24. The average Bonchev–Trinajstić information content (AvgIpc) is 2.64. The van der Waals surface area contributed by atoms with Crippen LogP contribution in [-0.4, -0.2) is 51.3 Å². The van der Waals surface area contributed by atoms with Gasteiger partial charge in [0.1, 0.15) is 0 Å². The summed E-state index contributed by atoms with van der Waals surface area (Å²) in [6.07, 6.45) is 0. The van der Waals surface area contributed by atoms with Crippen LogP contribution in [0.5, 0.6) is 0 Å². The smallest absolute Gasteiger partial charge is 0.482 e. The molecule has 1 aliphatic rings. The summed E-state index contributed by atoms with van der Waals surface area (Å²) >= 11 is 0. The molecule has 0 saturated heterocycles. The summed E-state index contributed by atoms with van der Waals surface area (Å²) in [5.41, 5.74) is -0.400. The van der Waals surface area contributed by atoms with Crippen molar-refractivity contribution in [2.45, 2.75) is 67.4 Å². The second-order valence-electron chi connectivity index (χ2n) is 9.72. The highest BCUT2D eigenvalue weighted by Gasteiger charge is 2.65. The number of hydrogen-bond donors (Lipinski definition) is 0. The van der Waals surface area contributed by atoms with Gasteiger partial charge in [0.15, 0.2) is 0 Å². The van der Waals surface area contributed by atoms with Gasteiger partial charge in [-0.05, 0) is 0 Å². The van der Waals surface area contributed by atoms with E-state index in [1.54, 1.807) is 5.01 Å². The van der Waals surface area contributed by atoms with Gasteiger partial charge in [0.05, 0.1) is 5.04 Å². The molecule has 1 heterocycles. The van der Waals surface area contributed by atoms with Gasteiger partial charge >= 0.3 is 8.72 Å². The lowest BCUT2D eigenvalue weighted by molar-refractivity contribution is 0.234. The number of nitrogens with zero attached hydrogens (tertiary/aromatic N) is 4. The van der Waals surface area contributed by atoms with Gasteiger partial charge in [0.2, 0.25) is 11.8 Å². The molecule has 0 aromatic rings. The van der Waals surface area contributed by atoms with Crippen LogP contribution in [0.1, 0.15) is 62.3 Å². The van der Waals surface area contributed by atoms with Crippen molar-refractivity contribution in [3.8, 4) is 0 Å². The topological polar surface area (TPSA) is 49.7 Å². The first-order valence-electron chi connectivity index (χ1n) is 8.48. The maximum absolute atomic E-state index is 6.61. The third-order valence-electron chi connectivity index (χ3n) is 3.66. The third-order valence-corrected chi connectivity index (χ3v) is 7.45. The summed E-state index contributed by atoms with van der Waals surface area (Å²) in [6, 6.07) is 0. The molecule has 0 amide bonds. The van der Waals surface area contributed by atoms with E-state index >= 15 is 0 Å². The van der Waals surface area contributed by atoms with Gasteiger partial charge in [0.25, 0.3) is 0 Å². The Balaban J connectivity index is 3.36. The number of rotatable bonds is 2. The zero-order valence-electron chi connectivity index (χ0n) is 17.6. The van der Waals surface area contributed by atoms with Crippen LogP contribution in [0.25, 0.3) is 0 Å². The Bertz CT molecular complexity index is 524. The van der Waals surface area contributed by atoms with Gasteiger partial charge < -0.3 is 8.85 Å². The van der Waals surface area contributed by atoms with Crippen LogP contribution >= 0.6 is 0 Å². The quantitative estimate of drug-likeness (QED) is 0.325. The van der Waals surface area contributed by atoms with Crippen LogP contribution in [0.15, 0.2) is 10.2 Å². The normalized spacial score (nSPS) is 23.1. The minimum Gasteiger partial charge on any atom is -0.482 e. The van der Waals surface area contributed by atoms with Crippen molar-refractivity contribution >= 4 is 20.5 Å². The molecule has 0 fully saturated rings.